The predicted octanol–water partition coefficient (Wildman–Crippen LogP) is 1.50. The van der Waals surface area contributed by atoms with E-state index in [1.165, 1.54) is 18.9 Å². The van der Waals surface area contributed by atoms with E-state index < -0.39 is 4.92 Å². The van der Waals surface area contributed by atoms with Gasteiger partial charge in [-0.05, 0) is 32.0 Å². The first kappa shape index (κ1) is 11.8. The minimum atomic E-state index is -0.412. The van der Waals surface area contributed by atoms with Crippen molar-refractivity contribution in [3.05, 3.63) is 28.4 Å². The van der Waals surface area contributed by atoms with Crippen molar-refractivity contribution < 1.29 is 4.92 Å². The highest BCUT2D eigenvalue weighted by atomic mass is 16.6. The third-order valence-corrected chi connectivity index (χ3v) is 2.90. The molecule has 1 saturated heterocycles. The van der Waals surface area contributed by atoms with E-state index in [2.05, 4.69) is 15.2 Å². The Morgan fingerprint density at radius 2 is 2.24 bits per heavy atom. The second-order valence-electron chi connectivity index (χ2n) is 4.10. The molecule has 0 spiro atoms. The highest BCUT2D eigenvalue weighted by molar-refractivity contribution is 5.54. The van der Waals surface area contributed by atoms with E-state index >= 15 is 0 Å². The van der Waals surface area contributed by atoms with Gasteiger partial charge in [0.1, 0.15) is 0 Å². The standard InChI is InChI=1S/C11H16N4O2/c16-15(17)10-4-3-5-12-11(10)13-6-9-14-7-1-2-8-14/h3-5H,1-2,6-9H2,(H,12,13). The summed E-state index contributed by atoms with van der Waals surface area (Å²) in [5.41, 5.74) is 0.0360. The molecule has 0 radical (unpaired) electrons. The minimum Gasteiger partial charge on any atom is -0.363 e. The topological polar surface area (TPSA) is 71.3 Å². The first-order chi connectivity index (χ1) is 8.27. The summed E-state index contributed by atoms with van der Waals surface area (Å²) in [4.78, 5) is 16.7. The Morgan fingerprint density at radius 1 is 1.47 bits per heavy atom. The third kappa shape index (κ3) is 3.13. The summed E-state index contributed by atoms with van der Waals surface area (Å²) in [5.74, 6) is 0.358. The van der Waals surface area contributed by atoms with Crippen LogP contribution in [0.15, 0.2) is 18.3 Å². The molecule has 0 unspecified atom stereocenters. The zero-order valence-electron chi connectivity index (χ0n) is 9.63. The van der Waals surface area contributed by atoms with Gasteiger partial charge >= 0.3 is 5.69 Å². The molecule has 1 fully saturated rings. The molecule has 0 aliphatic carbocycles. The number of nitro groups is 1. The molecule has 0 saturated carbocycles. The van der Waals surface area contributed by atoms with Crippen molar-refractivity contribution in [3.63, 3.8) is 0 Å². The van der Waals surface area contributed by atoms with Crippen molar-refractivity contribution in [1.82, 2.24) is 9.88 Å². The highest BCUT2D eigenvalue weighted by Gasteiger charge is 2.14. The van der Waals surface area contributed by atoms with Crippen LogP contribution in [0.3, 0.4) is 0 Å². The fourth-order valence-electron chi connectivity index (χ4n) is 2.02. The van der Waals surface area contributed by atoms with Gasteiger partial charge in [0.05, 0.1) is 4.92 Å². The van der Waals surface area contributed by atoms with Crippen LogP contribution in [0.1, 0.15) is 12.8 Å². The molecular weight excluding hydrogens is 220 g/mol. The summed E-state index contributed by atoms with van der Waals surface area (Å²) in [6.45, 7) is 3.86. The Hall–Kier alpha value is -1.69. The van der Waals surface area contributed by atoms with E-state index in [0.717, 1.165) is 19.6 Å². The lowest BCUT2D eigenvalue weighted by Gasteiger charge is -2.14. The number of anilines is 1. The molecule has 6 nitrogen and oxygen atoms in total. The maximum Gasteiger partial charge on any atom is 0.311 e. The van der Waals surface area contributed by atoms with Crippen molar-refractivity contribution in [2.75, 3.05) is 31.5 Å². The second-order valence-corrected chi connectivity index (χ2v) is 4.10. The molecule has 2 heterocycles. The van der Waals surface area contributed by atoms with Crippen molar-refractivity contribution in [2.24, 2.45) is 0 Å². The lowest BCUT2D eigenvalue weighted by atomic mass is 10.4. The third-order valence-electron chi connectivity index (χ3n) is 2.90. The second kappa shape index (κ2) is 5.58. The van der Waals surface area contributed by atoms with Crippen molar-refractivity contribution in [1.29, 1.82) is 0 Å². The molecule has 1 aliphatic rings. The van der Waals surface area contributed by atoms with Crippen LogP contribution in [0.2, 0.25) is 0 Å². The monoisotopic (exact) mass is 236 g/mol. The van der Waals surface area contributed by atoms with E-state index in [0.29, 0.717) is 12.4 Å². The fraction of sp³-hybridized carbons (Fsp3) is 0.545. The van der Waals surface area contributed by atoms with E-state index in [-0.39, 0.29) is 5.69 Å². The smallest absolute Gasteiger partial charge is 0.311 e. The Bertz CT molecular complexity index is 391. The molecular formula is C11H16N4O2. The van der Waals surface area contributed by atoms with Crippen LogP contribution in [-0.2, 0) is 0 Å². The molecule has 92 valence electrons. The van der Waals surface area contributed by atoms with Gasteiger partial charge in [0.15, 0.2) is 0 Å². The summed E-state index contributed by atoms with van der Waals surface area (Å²) in [6, 6.07) is 3.04. The normalized spacial score (nSPS) is 16.0. The van der Waals surface area contributed by atoms with Crippen LogP contribution in [0.25, 0.3) is 0 Å². The zero-order chi connectivity index (χ0) is 12.1. The quantitative estimate of drug-likeness (QED) is 0.619. The maximum absolute atomic E-state index is 10.8. The molecule has 17 heavy (non-hydrogen) atoms. The largest absolute Gasteiger partial charge is 0.363 e. The number of rotatable bonds is 5. The summed E-state index contributed by atoms with van der Waals surface area (Å²) in [7, 11) is 0. The van der Waals surface area contributed by atoms with Gasteiger partial charge in [0, 0.05) is 25.4 Å². The first-order valence-corrected chi connectivity index (χ1v) is 5.83. The number of pyridine rings is 1. The van der Waals surface area contributed by atoms with Gasteiger partial charge in [-0.15, -0.1) is 0 Å². The molecule has 2 rings (SSSR count). The van der Waals surface area contributed by atoms with Crippen molar-refractivity contribution >= 4 is 11.5 Å². The summed E-state index contributed by atoms with van der Waals surface area (Å²) in [5, 5.41) is 13.8. The van der Waals surface area contributed by atoms with E-state index in [1.54, 1.807) is 12.3 Å². The average Bonchev–Trinajstić information content (AvgIpc) is 2.82. The molecule has 1 N–H and O–H groups in total. The number of hydrogen-bond donors (Lipinski definition) is 1. The molecule has 0 amide bonds. The fourth-order valence-corrected chi connectivity index (χ4v) is 2.02. The lowest BCUT2D eigenvalue weighted by Crippen LogP contribution is -2.26. The average molecular weight is 236 g/mol. The van der Waals surface area contributed by atoms with Crippen LogP contribution in [-0.4, -0.2) is 41.0 Å². The molecule has 6 heteroatoms. The summed E-state index contributed by atoms with van der Waals surface area (Å²) >= 11 is 0. The number of nitrogens with zero attached hydrogens (tertiary/aromatic N) is 3. The van der Waals surface area contributed by atoms with Crippen LogP contribution < -0.4 is 5.32 Å². The van der Waals surface area contributed by atoms with Crippen molar-refractivity contribution in [3.8, 4) is 0 Å². The van der Waals surface area contributed by atoms with Crippen LogP contribution in [0.4, 0.5) is 11.5 Å². The SMILES string of the molecule is O=[N+]([O-])c1cccnc1NCCN1CCCC1. The van der Waals surface area contributed by atoms with Gasteiger partial charge in [0.2, 0.25) is 5.82 Å². The van der Waals surface area contributed by atoms with Gasteiger partial charge in [-0.1, -0.05) is 0 Å². The molecule has 1 aromatic rings. The minimum absolute atomic E-state index is 0.0360. The number of likely N-dealkylation sites (tertiary alicyclic amines) is 1. The maximum atomic E-state index is 10.8. The van der Waals surface area contributed by atoms with Gasteiger partial charge < -0.3 is 10.2 Å². The first-order valence-electron chi connectivity index (χ1n) is 5.83. The Balaban J connectivity index is 1.87. The van der Waals surface area contributed by atoms with Crippen LogP contribution in [0.5, 0.6) is 0 Å². The highest BCUT2D eigenvalue weighted by Crippen LogP contribution is 2.19. The molecule has 0 aromatic carbocycles. The lowest BCUT2D eigenvalue weighted by molar-refractivity contribution is -0.384. The molecule has 0 atom stereocenters. The summed E-state index contributed by atoms with van der Waals surface area (Å²) in [6.07, 6.45) is 4.07. The summed E-state index contributed by atoms with van der Waals surface area (Å²) < 4.78 is 0. The van der Waals surface area contributed by atoms with Gasteiger partial charge in [-0.25, -0.2) is 4.98 Å². The van der Waals surface area contributed by atoms with Gasteiger partial charge in [-0.2, -0.15) is 0 Å². The molecule has 1 aliphatic heterocycles. The van der Waals surface area contributed by atoms with E-state index in [1.807, 2.05) is 0 Å². The zero-order valence-corrected chi connectivity index (χ0v) is 9.63. The predicted molar refractivity (Wildman–Crippen MR) is 65.1 cm³/mol. The van der Waals surface area contributed by atoms with Crippen molar-refractivity contribution in [2.45, 2.75) is 12.8 Å². The van der Waals surface area contributed by atoms with Gasteiger partial charge in [-0.3, -0.25) is 10.1 Å². The molecule has 1 aromatic heterocycles. The Kier molecular flexibility index (Phi) is 3.87. The van der Waals surface area contributed by atoms with Gasteiger partial charge in [0.25, 0.3) is 0 Å². The number of nitrogens with one attached hydrogen (secondary N) is 1. The van der Waals surface area contributed by atoms with Crippen LogP contribution in [0, 0.1) is 10.1 Å². The number of aromatic nitrogens is 1. The Labute approximate surface area is 99.8 Å². The molecule has 0 bridgehead atoms. The van der Waals surface area contributed by atoms with E-state index in [9.17, 15) is 10.1 Å². The Morgan fingerprint density at radius 3 is 2.94 bits per heavy atom. The van der Waals surface area contributed by atoms with Crippen LogP contribution >= 0.6 is 0 Å². The van der Waals surface area contributed by atoms with E-state index in [4.69, 9.17) is 0 Å². The number of hydrogen-bond acceptors (Lipinski definition) is 5.